The van der Waals surface area contributed by atoms with E-state index in [0.29, 0.717) is 25.0 Å². The van der Waals surface area contributed by atoms with Gasteiger partial charge in [-0.05, 0) is 50.5 Å². The van der Waals surface area contributed by atoms with E-state index in [2.05, 4.69) is 42.2 Å². The van der Waals surface area contributed by atoms with E-state index in [4.69, 9.17) is 33.7 Å². The van der Waals surface area contributed by atoms with Crippen LogP contribution in [0, 0.1) is 5.92 Å². The Bertz CT molecular complexity index is 1790. The Morgan fingerprint density at radius 1 is 0.754 bits per heavy atom. The lowest BCUT2D eigenvalue weighted by Crippen LogP contribution is -2.36. The second-order valence-corrected chi connectivity index (χ2v) is 21.9. The van der Waals surface area contributed by atoms with Crippen LogP contribution in [0.25, 0.3) is 0 Å². The molecule has 2 aliphatic rings. The third kappa shape index (κ3) is 27.2. The number of allylic oxidation sites excluding steroid dienone is 1. The fraction of sp³-hybridized carbons (Fsp3) is 0.833. The third-order valence-electron chi connectivity index (χ3n) is 12.2. The first-order valence-corrected chi connectivity index (χ1v) is 28.7. The summed E-state index contributed by atoms with van der Waals surface area (Å²) in [6, 6.07) is 1.25. The van der Waals surface area contributed by atoms with E-state index in [1.807, 2.05) is 0 Å². The molecule has 0 saturated carbocycles. The van der Waals surface area contributed by atoms with Crippen LogP contribution in [-0.2, 0) is 51.0 Å². The minimum Gasteiger partial charge on any atom is -0.462 e. The minimum absolute atomic E-state index is 0.0477. The molecule has 0 radical (unpaired) electrons. The molecule has 3 heterocycles. The lowest BCUT2D eigenvalue weighted by molar-refractivity contribution is -0.161. The van der Waals surface area contributed by atoms with Gasteiger partial charge in [-0.1, -0.05) is 148 Å². The average molecular weight is 1020 g/mol. The van der Waals surface area contributed by atoms with E-state index in [1.54, 1.807) is 0 Å². The molecule has 3 rings (SSSR count). The first-order valence-electron chi connectivity index (χ1n) is 25.7. The van der Waals surface area contributed by atoms with Gasteiger partial charge in [-0.25, -0.2) is 13.9 Å². The van der Waals surface area contributed by atoms with Crippen molar-refractivity contribution in [3.05, 3.63) is 34.9 Å². The van der Waals surface area contributed by atoms with Crippen molar-refractivity contribution in [1.82, 2.24) is 9.55 Å². The number of esters is 2. The molecule has 0 aliphatic carbocycles. The van der Waals surface area contributed by atoms with Crippen LogP contribution in [-0.4, -0.2) is 97.9 Å². The van der Waals surface area contributed by atoms with Crippen molar-refractivity contribution in [3.63, 3.8) is 0 Å². The van der Waals surface area contributed by atoms with Crippen LogP contribution in [0.4, 0.5) is 5.82 Å². The van der Waals surface area contributed by atoms with Gasteiger partial charge < -0.3 is 44.7 Å². The van der Waals surface area contributed by atoms with Crippen LogP contribution >= 0.6 is 15.6 Å². The number of epoxide rings is 1. The summed E-state index contributed by atoms with van der Waals surface area (Å²) < 4.78 is 62.6. The molecule has 1 aromatic heterocycles. The highest BCUT2D eigenvalue weighted by molar-refractivity contribution is 7.61. The number of aliphatic hydroxyl groups excluding tert-OH is 2. The number of aliphatic hydroxyl groups is 2. The van der Waals surface area contributed by atoms with E-state index >= 15 is 0 Å². The summed E-state index contributed by atoms with van der Waals surface area (Å²) in [6.45, 7) is 4.42. The van der Waals surface area contributed by atoms with Crippen molar-refractivity contribution in [2.45, 2.75) is 231 Å². The number of nitrogens with two attached hydrogens (primary N) is 1. The largest absolute Gasteiger partial charge is 0.481 e. The molecule has 2 fully saturated rings. The van der Waals surface area contributed by atoms with Crippen molar-refractivity contribution in [1.29, 1.82) is 0 Å². The van der Waals surface area contributed by atoms with Gasteiger partial charge in [0.2, 0.25) is 0 Å². The van der Waals surface area contributed by atoms with Crippen LogP contribution < -0.4 is 11.4 Å². The molecule has 0 spiro atoms. The zero-order chi connectivity index (χ0) is 50.5. The Morgan fingerprint density at radius 2 is 1.35 bits per heavy atom. The highest BCUT2D eigenvalue weighted by atomic mass is 31.3. The van der Waals surface area contributed by atoms with Gasteiger partial charge in [0.15, 0.2) is 12.3 Å². The SMILES string of the molecule is CCCCC/C=C\CC1OC1CCCCCCCC(=O)OC[C@H](COP(=O)(O)OP(=O)(O)OC[C@H]1O[C@@H](n2ccc(N)nc2=O)[C@H](O)[C@@H]1O)OC(=O)CCCCCCCCCCCCCCC(C)C. The summed E-state index contributed by atoms with van der Waals surface area (Å²) in [7, 11) is -10.8. The van der Waals surface area contributed by atoms with E-state index in [9.17, 15) is 43.5 Å². The Labute approximate surface area is 409 Å². The number of aromatic nitrogens is 2. The molecule has 0 bridgehead atoms. The third-order valence-corrected chi connectivity index (χ3v) is 14.8. The second-order valence-electron chi connectivity index (χ2n) is 18.9. The first-order chi connectivity index (χ1) is 33.0. The maximum absolute atomic E-state index is 12.9. The van der Waals surface area contributed by atoms with Crippen LogP contribution in [0.2, 0.25) is 0 Å². The van der Waals surface area contributed by atoms with E-state index in [1.165, 1.54) is 82.9 Å². The van der Waals surface area contributed by atoms with Crippen LogP contribution in [0.5, 0.6) is 0 Å². The predicted octanol–water partition coefficient (Wildman–Crippen LogP) is 9.29. The van der Waals surface area contributed by atoms with E-state index < -0.39 is 83.7 Å². The maximum Gasteiger partial charge on any atom is 0.481 e. The zero-order valence-corrected chi connectivity index (χ0v) is 43.3. The molecule has 398 valence electrons. The van der Waals surface area contributed by atoms with Crippen LogP contribution in [0.15, 0.2) is 29.2 Å². The second kappa shape index (κ2) is 34.0. The molecular formula is C48H85N3O16P2. The summed E-state index contributed by atoms with van der Waals surface area (Å²) in [6.07, 6.45) is 24.6. The quantitative estimate of drug-likeness (QED) is 0.0134. The molecule has 1 aromatic rings. The Kier molecular flexibility index (Phi) is 29.9. The molecule has 19 nitrogen and oxygen atoms in total. The molecule has 0 aromatic carbocycles. The number of nitrogens with zero attached hydrogens (tertiary/aromatic N) is 2. The van der Waals surface area contributed by atoms with E-state index in [-0.39, 0.29) is 18.7 Å². The van der Waals surface area contributed by atoms with Gasteiger partial charge in [0, 0.05) is 19.0 Å². The summed E-state index contributed by atoms with van der Waals surface area (Å²) in [5.74, 6) is -0.539. The number of phosphoric ester groups is 2. The van der Waals surface area contributed by atoms with Gasteiger partial charge in [-0.3, -0.25) is 23.2 Å². The number of unbranched alkanes of at least 4 members (excludes halogenated alkanes) is 18. The van der Waals surface area contributed by atoms with Crippen molar-refractivity contribution in [2.75, 3.05) is 25.6 Å². The Balaban J connectivity index is 1.39. The Hall–Kier alpha value is -2.54. The normalized spacial score (nSPS) is 22.4. The molecule has 2 saturated heterocycles. The highest BCUT2D eigenvalue weighted by Crippen LogP contribution is 2.60. The van der Waals surface area contributed by atoms with Crippen LogP contribution in [0.1, 0.15) is 194 Å². The molecule has 2 aliphatic heterocycles. The van der Waals surface area contributed by atoms with Crippen molar-refractivity contribution in [3.8, 4) is 0 Å². The molecule has 69 heavy (non-hydrogen) atoms. The maximum atomic E-state index is 12.9. The fourth-order valence-electron chi connectivity index (χ4n) is 8.09. The summed E-state index contributed by atoms with van der Waals surface area (Å²) >= 11 is 0. The van der Waals surface area contributed by atoms with Crippen molar-refractivity contribution < 1.29 is 71.0 Å². The van der Waals surface area contributed by atoms with Gasteiger partial charge >= 0.3 is 33.3 Å². The van der Waals surface area contributed by atoms with Gasteiger partial charge in [-0.2, -0.15) is 9.29 Å². The molecule has 6 N–H and O–H groups in total. The number of carbonyl (C=O) groups is 2. The summed E-state index contributed by atoms with van der Waals surface area (Å²) in [5, 5.41) is 20.9. The number of nitrogen functional groups attached to an aromatic ring is 1. The van der Waals surface area contributed by atoms with Gasteiger partial charge in [0.1, 0.15) is 30.7 Å². The number of hydrogen-bond donors (Lipinski definition) is 5. The fourth-order valence-corrected chi connectivity index (χ4v) is 10.2. The predicted molar refractivity (Wildman–Crippen MR) is 261 cm³/mol. The molecule has 4 unspecified atom stereocenters. The standard InChI is InChI=1S/C48H85N3O16P2/c1-4-5-6-7-18-23-28-39-40(65-39)29-24-19-16-21-25-30-43(52)61-34-38(64-44(53)31-26-20-15-13-11-9-8-10-12-14-17-22-27-37(2)3)35-62-68(57,58)67-69(59,60)63-36-41-45(54)46(55)47(66-41)51-33-32-42(49)50-48(51)56/h18,23,32-33,37-41,45-47,54-55H,4-17,19-22,24-31,34-36H2,1-3H3,(H,57,58)(H,59,60)(H2,49,50,56)/b23-18-/t38-,39?,40?,41-,45-,46-,47-/m1/s1. The monoisotopic (exact) mass is 1020 g/mol. The lowest BCUT2D eigenvalue weighted by Gasteiger charge is -2.21. The summed E-state index contributed by atoms with van der Waals surface area (Å²) in [4.78, 5) is 62.0. The topological polar surface area (TPSA) is 278 Å². The Morgan fingerprint density at radius 3 is 1.97 bits per heavy atom. The molecule has 0 amide bonds. The van der Waals surface area contributed by atoms with Gasteiger partial charge in [-0.15, -0.1) is 0 Å². The number of phosphoric acid groups is 2. The number of hydrogen-bond acceptors (Lipinski definition) is 16. The molecule has 9 atom stereocenters. The van der Waals surface area contributed by atoms with Gasteiger partial charge in [0.25, 0.3) is 0 Å². The van der Waals surface area contributed by atoms with Crippen molar-refractivity contribution in [2.24, 2.45) is 5.92 Å². The van der Waals surface area contributed by atoms with Gasteiger partial charge in [0.05, 0.1) is 25.4 Å². The number of rotatable bonds is 41. The first kappa shape index (κ1) is 60.8. The highest BCUT2D eigenvalue weighted by Gasteiger charge is 2.46. The number of ether oxygens (including phenoxy) is 4. The number of carbonyl (C=O) groups excluding carboxylic acids is 2. The minimum atomic E-state index is -5.43. The zero-order valence-electron chi connectivity index (χ0n) is 41.5. The lowest BCUT2D eigenvalue weighted by atomic mass is 10.0. The number of anilines is 1. The smallest absolute Gasteiger partial charge is 0.462 e. The van der Waals surface area contributed by atoms with Crippen molar-refractivity contribution >= 4 is 33.4 Å². The van der Waals surface area contributed by atoms with E-state index in [0.717, 1.165) is 81.1 Å². The average Bonchev–Trinajstić information content (AvgIpc) is 3.98. The van der Waals surface area contributed by atoms with Crippen LogP contribution in [0.3, 0.4) is 0 Å². The summed E-state index contributed by atoms with van der Waals surface area (Å²) in [5.41, 5.74) is 4.59. The molecule has 21 heteroatoms. The molecular weight excluding hydrogens is 936 g/mol.